The standard InChI is InChI=1S/C26H26O/c1-12-7-14(3)20-18(9-12)24-22-16-5-6-17(11-16)23(22)26(27)25(24)19-10-13(2)8-15(4)21(19)20/h7-10,16-17,22-23H,5-6,11H2,1-4H3/t16-,17+,22+,23-/m0/s1. The summed E-state index contributed by atoms with van der Waals surface area (Å²) in [5, 5.41) is 5.30. The topological polar surface area (TPSA) is 17.1 Å². The first kappa shape index (κ1) is 15.9. The molecule has 2 fully saturated rings. The van der Waals surface area contributed by atoms with Crippen LogP contribution in [0.3, 0.4) is 0 Å². The van der Waals surface area contributed by atoms with Gasteiger partial charge in [-0.05, 0) is 103 Å². The number of ketones is 1. The minimum atomic E-state index is 0.259. The smallest absolute Gasteiger partial charge is 0.167 e. The van der Waals surface area contributed by atoms with Gasteiger partial charge in [0.05, 0.1) is 0 Å². The molecule has 3 aliphatic rings. The van der Waals surface area contributed by atoms with Crippen molar-refractivity contribution in [2.24, 2.45) is 17.8 Å². The Kier molecular flexibility index (Phi) is 2.94. The molecule has 4 atom stereocenters. The average molecular weight is 354 g/mol. The predicted octanol–water partition coefficient (Wildman–Crippen LogP) is 6.55. The Morgan fingerprint density at radius 2 is 1.30 bits per heavy atom. The fraction of sp³-hybridized carbons (Fsp3) is 0.423. The van der Waals surface area contributed by atoms with Crippen molar-refractivity contribution in [2.45, 2.75) is 52.9 Å². The van der Waals surface area contributed by atoms with Gasteiger partial charge in [-0.25, -0.2) is 0 Å². The Morgan fingerprint density at radius 3 is 1.96 bits per heavy atom. The van der Waals surface area contributed by atoms with E-state index in [9.17, 15) is 4.79 Å². The van der Waals surface area contributed by atoms with Crippen molar-refractivity contribution < 1.29 is 4.79 Å². The Bertz CT molecular complexity index is 1180. The van der Waals surface area contributed by atoms with Crippen LogP contribution in [0.25, 0.3) is 21.5 Å². The summed E-state index contributed by atoms with van der Waals surface area (Å²) in [5.41, 5.74) is 7.73. The highest BCUT2D eigenvalue weighted by Gasteiger charge is 2.56. The molecule has 1 heteroatoms. The van der Waals surface area contributed by atoms with Crippen molar-refractivity contribution in [3.63, 3.8) is 0 Å². The molecule has 0 heterocycles. The summed E-state index contributed by atoms with van der Waals surface area (Å²) < 4.78 is 0. The van der Waals surface area contributed by atoms with E-state index in [-0.39, 0.29) is 5.92 Å². The predicted molar refractivity (Wildman–Crippen MR) is 112 cm³/mol. The van der Waals surface area contributed by atoms with Crippen LogP contribution < -0.4 is 0 Å². The maximum absolute atomic E-state index is 13.7. The molecule has 0 aliphatic heterocycles. The Morgan fingerprint density at radius 1 is 0.741 bits per heavy atom. The number of hydrogen-bond acceptors (Lipinski definition) is 1. The molecular formula is C26H26O. The zero-order chi connectivity index (χ0) is 18.6. The highest BCUT2D eigenvalue weighted by atomic mass is 16.1. The molecule has 0 N–H and O–H groups in total. The molecule has 3 aliphatic carbocycles. The second-order valence-corrected chi connectivity index (χ2v) is 9.55. The van der Waals surface area contributed by atoms with Crippen molar-refractivity contribution in [1.82, 2.24) is 0 Å². The van der Waals surface area contributed by atoms with Crippen LogP contribution in [-0.2, 0) is 0 Å². The van der Waals surface area contributed by atoms with Crippen LogP contribution in [0.4, 0.5) is 0 Å². The van der Waals surface area contributed by atoms with Gasteiger partial charge in [0.25, 0.3) is 0 Å². The zero-order valence-corrected chi connectivity index (χ0v) is 16.6. The molecule has 6 rings (SSSR count). The van der Waals surface area contributed by atoms with Crippen LogP contribution in [0.2, 0.25) is 0 Å². The number of carbonyl (C=O) groups excluding carboxylic acids is 1. The third kappa shape index (κ3) is 1.83. The largest absolute Gasteiger partial charge is 0.294 e. The lowest BCUT2D eigenvalue weighted by molar-refractivity contribution is 0.0884. The first-order chi connectivity index (χ1) is 13.0. The molecule has 0 radical (unpaired) electrons. The van der Waals surface area contributed by atoms with E-state index in [0.29, 0.717) is 17.6 Å². The highest BCUT2D eigenvalue weighted by Crippen LogP contribution is 2.63. The second kappa shape index (κ2) is 5.01. The van der Waals surface area contributed by atoms with Gasteiger partial charge in [0.1, 0.15) is 0 Å². The first-order valence-electron chi connectivity index (χ1n) is 10.5. The normalized spacial score (nSPS) is 28.4. The number of fused-ring (bicyclic) bond motifs is 12. The summed E-state index contributed by atoms with van der Waals surface area (Å²) in [7, 11) is 0. The fourth-order valence-corrected chi connectivity index (χ4v) is 7.15. The lowest BCUT2D eigenvalue weighted by atomic mass is 9.78. The number of hydrogen-bond donors (Lipinski definition) is 0. The third-order valence-corrected chi connectivity index (χ3v) is 7.84. The van der Waals surface area contributed by atoms with Crippen molar-refractivity contribution in [3.05, 3.63) is 57.6 Å². The fourth-order valence-electron chi connectivity index (χ4n) is 7.15. The van der Waals surface area contributed by atoms with Gasteiger partial charge in [-0.2, -0.15) is 0 Å². The van der Waals surface area contributed by atoms with E-state index in [1.165, 1.54) is 68.6 Å². The zero-order valence-electron chi connectivity index (χ0n) is 16.6. The molecular weight excluding hydrogens is 328 g/mol. The van der Waals surface area contributed by atoms with Crippen LogP contribution in [0, 0.1) is 45.4 Å². The van der Waals surface area contributed by atoms with Gasteiger partial charge in [0.2, 0.25) is 0 Å². The van der Waals surface area contributed by atoms with Gasteiger partial charge in [0, 0.05) is 11.5 Å². The number of aryl methyl sites for hydroxylation is 4. The minimum absolute atomic E-state index is 0.259. The lowest BCUT2D eigenvalue weighted by Crippen LogP contribution is -2.20. The number of Topliss-reactive ketones (excluding diaryl/α,β-unsaturated/α-hetero) is 1. The minimum Gasteiger partial charge on any atom is -0.294 e. The maximum Gasteiger partial charge on any atom is 0.167 e. The second-order valence-electron chi connectivity index (χ2n) is 9.55. The summed E-state index contributed by atoms with van der Waals surface area (Å²) in [6.45, 7) is 8.81. The molecule has 2 bridgehead atoms. The van der Waals surface area contributed by atoms with Crippen LogP contribution in [0.1, 0.15) is 63.4 Å². The quantitative estimate of drug-likeness (QED) is 0.418. The molecule has 136 valence electrons. The molecule has 0 amide bonds. The summed E-state index contributed by atoms with van der Waals surface area (Å²) in [6.07, 6.45) is 3.85. The van der Waals surface area contributed by atoms with Gasteiger partial charge in [-0.15, -0.1) is 0 Å². The summed E-state index contributed by atoms with van der Waals surface area (Å²) in [6, 6.07) is 9.22. The molecule has 1 nitrogen and oxygen atoms in total. The number of benzene rings is 3. The Hall–Kier alpha value is -2.15. The van der Waals surface area contributed by atoms with E-state index < -0.39 is 0 Å². The Balaban J connectivity index is 1.87. The van der Waals surface area contributed by atoms with Crippen molar-refractivity contribution in [2.75, 3.05) is 0 Å². The Labute approximate surface area is 160 Å². The first-order valence-corrected chi connectivity index (χ1v) is 10.5. The van der Waals surface area contributed by atoms with Gasteiger partial charge in [-0.1, -0.05) is 35.4 Å². The molecule has 0 aromatic heterocycles. The monoisotopic (exact) mass is 354 g/mol. The SMILES string of the molecule is Cc1cc(C)c2c(c1)c1c(c3cc(C)cc(C)c32)[C@@H]2[C@H]3CC[C@H](C3)[C@@H]2C1=O. The average Bonchev–Trinajstić information content (AvgIpc) is 3.27. The lowest BCUT2D eigenvalue weighted by Gasteiger charge is -2.25. The number of carbonyl (C=O) groups is 1. The van der Waals surface area contributed by atoms with Crippen molar-refractivity contribution in [3.8, 4) is 0 Å². The summed E-state index contributed by atoms with van der Waals surface area (Å²) >= 11 is 0. The van der Waals surface area contributed by atoms with E-state index >= 15 is 0 Å². The van der Waals surface area contributed by atoms with Gasteiger partial charge in [-0.3, -0.25) is 4.79 Å². The van der Waals surface area contributed by atoms with Crippen LogP contribution in [0.5, 0.6) is 0 Å². The summed E-state index contributed by atoms with van der Waals surface area (Å²) in [4.78, 5) is 13.7. The highest BCUT2D eigenvalue weighted by molar-refractivity contribution is 6.24. The molecule has 27 heavy (non-hydrogen) atoms. The van der Waals surface area contributed by atoms with Crippen LogP contribution in [0.15, 0.2) is 24.3 Å². The van der Waals surface area contributed by atoms with E-state index in [1.807, 2.05) is 0 Å². The van der Waals surface area contributed by atoms with Crippen LogP contribution >= 0.6 is 0 Å². The number of rotatable bonds is 0. The van der Waals surface area contributed by atoms with Crippen molar-refractivity contribution in [1.29, 1.82) is 0 Å². The van der Waals surface area contributed by atoms with E-state index in [0.717, 1.165) is 11.5 Å². The van der Waals surface area contributed by atoms with E-state index in [1.54, 1.807) is 0 Å². The van der Waals surface area contributed by atoms with Gasteiger partial charge >= 0.3 is 0 Å². The molecule has 0 unspecified atom stereocenters. The summed E-state index contributed by atoms with van der Waals surface area (Å²) in [5.74, 6) is 2.53. The van der Waals surface area contributed by atoms with Gasteiger partial charge < -0.3 is 0 Å². The maximum atomic E-state index is 13.7. The molecule has 3 aromatic rings. The van der Waals surface area contributed by atoms with E-state index in [4.69, 9.17) is 0 Å². The molecule has 3 aromatic carbocycles. The third-order valence-electron chi connectivity index (χ3n) is 7.84. The van der Waals surface area contributed by atoms with Gasteiger partial charge in [0.15, 0.2) is 5.78 Å². The molecule has 2 saturated carbocycles. The van der Waals surface area contributed by atoms with E-state index in [2.05, 4.69) is 52.0 Å². The molecule has 0 spiro atoms. The molecule has 0 saturated heterocycles. The van der Waals surface area contributed by atoms with Crippen LogP contribution in [-0.4, -0.2) is 5.78 Å². The van der Waals surface area contributed by atoms with Crippen molar-refractivity contribution >= 4 is 27.3 Å².